The van der Waals surface area contributed by atoms with Crippen LogP contribution >= 0.6 is 0 Å². The SMILES string of the molecule is C#Cc1cccc(N[C@H](C(=O)OCC)[C@@H](c2ccccc2)N2CCOCC2)c1. The lowest BCUT2D eigenvalue weighted by Crippen LogP contribution is -2.49. The lowest BCUT2D eigenvalue weighted by molar-refractivity contribution is -0.146. The zero-order valence-electron chi connectivity index (χ0n) is 16.1. The molecule has 2 atom stereocenters. The van der Waals surface area contributed by atoms with Gasteiger partial charge in [-0.05, 0) is 30.7 Å². The number of carbonyl (C=O) groups is 1. The average Bonchev–Trinajstić information content (AvgIpc) is 2.75. The van der Waals surface area contributed by atoms with Gasteiger partial charge in [-0.1, -0.05) is 42.3 Å². The van der Waals surface area contributed by atoms with Crippen molar-refractivity contribution in [3.63, 3.8) is 0 Å². The molecule has 0 amide bonds. The first-order valence-electron chi connectivity index (χ1n) is 9.59. The lowest BCUT2D eigenvalue weighted by atomic mass is 9.96. The smallest absolute Gasteiger partial charge is 0.330 e. The molecule has 1 heterocycles. The van der Waals surface area contributed by atoms with Crippen LogP contribution < -0.4 is 5.32 Å². The molecule has 1 fully saturated rings. The van der Waals surface area contributed by atoms with Crippen LogP contribution in [0.5, 0.6) is 0 Å². The largest absolute Gasteiger partial charge is 0.464 e. The van der Waals surface area contributed by atoms with E-state index in [1.807, 2.05) is 61.5 Å². The van der Waals surface area contributed by atoms with Crippen molar-refractivity contribution in [3.8, 4) is 12.3 Å². The molecule has 146 valence electrons. The number of esters is 1. The van der Waals surface area contributed by atoms with Crippen molar-refractivity contribution in [1.82, 2.24) is 4.90 Å². The van der Waals surface area contributed by atoms with Gasteiger partial charge in [0.1, 0.15) is 6.04 Å². The summed E-state index contributed by atoms with van der Waals surface area (Å²) in [6.07, 6.45) is 5.53. The van der Waals surface area contributed by atoms with Crippen LogP contribution in [0.15, 0.2) is 54.6 Å². The van der Waals surface area contributed by atoms with E-state index < -0.39 is 6.04 Å². The zero-order valence-corrected chi connectivity index (χ0v) is 16.1. The summed E-state index contributed by atoms with van der Waals surface area (Å²) in [5.74, 6) is 2.35. The van der Waals surface area contributed by atoms with Gasteiger partial charge in [0.2, 0.25) is 0 Å². The molecule has 5 nitrogen and oxygen atoms in total. The Labute approximate surface area is 166 Å². The van der Waals surface area contributed by atoms with E-state index in [4.69, 9.17) is 15.9 Å². The van der Waals surface area contributed by atoms with Gasteiger partial charge in [0, 0.05) is 24.3 Å². The number of terminal acetylenes is 1. The summed E-state index contributed by atoms with van der Waals surface area (Å²) in [6.45, 7) is 4.94. The molecule has 3 rings (SSSR count). The standard InChI is InChI=1S/C23H26N2O3/c1-3-18-9-8-12-20(17-18)24-21(23(26)28-4-2)22(19-10-6-5-7-11-19)25-13-15-27-16-14-25/h1,5-12,17,21-22,24H,4,13-16H2,2H3/t21-,22+/m0/s1. The van der Waals surface area contributed by atoms with Gasteiger partial charge >= 0.3 is 5.97 Å². The monoisotopic (exact) mass is 378 g/mol. The van der Waals surface area contributed by atoms with E-state index >= 15 is 0 Å². The number of nitrogens with zero attached hydrogens (tertiary/aromatic N) is 1. The van der Waals surface area contributed by atoms with E-state index in [9.17, 15) is 4.79 Å². The second-order valence-electron chi connectivity index (χ2n) is 6.60. The lowest BCUT2D eigenvalue weighted by Gasteiger charge is -2.39. The summed E-state index contributed by atoms with van der Waals surface area (Å²) in [7, 11) is 0. The first-order chi connectivity index (χ1) is 13.7. The molecule has 1 aliphatic rings. The minimum absolute atomic E-state index is 0.182. The zero-order chi connectivity index (χ0) is 19.8. The van der Waals surface area contributed by atoms with Gasteiger partial charge in [-0.25, -0.2) is 4.79 Å². The Bertz CT molecular complexity index is 810. The van der Waals surface area contributed by atoms with Crippen LogP contribution in [0.1, 0.15) is 24.1 Å². The third kappa shape index (κ3) is 4.92. The normalized spacial score (nSPS) is 16.6. The number of anilines is 1. The van der Waals surface area contributed by atoms with E-state index in [0.717, 1.165) is 29.9 Å². The number of nitrogens with one attached hydrogen (secondary N) is 1. The predicted molar refractivity (Wildman–Crippen MR) is 110 cm³/mol. The third-order valence-electron chi connectivity index (χ3n) is 4.79. The van der Waals surface area contributed by atoms with E-state index in [-0.39, 0.29) is 12.0 Å². The molecule has 0 spiro atoms. The van der Waals surface area contributed by atoms with Crippen LogP contribution in [0.2, 0.25) is 0 Å². The van der Waals surface area contributed by atoms with Crippen LogP contribution in [0.4, 0.5) is 5.69 Å². The fourth-order valence-corrected chi connectivity index (χ4v) is 3.50. The van der Waals surface area contributed by atoms with Crippen LogP contribution in [0, 0.1) is 12.3 Å². The molecule has 0 bridgehead atoms. The second-order valence-corrected chi connectivity index (χ2v) is 6.60. The van der Waals surface area contributed by atoms with E-state index in [1.54, 1.807) is 0 Å². The molecule has 0 aromatic heterocycles. The molecule has 5 heteroatoms. The molecule has 1 N–H and O–H groups in total. The third-order valence-corrected chi connectivity index (χ3v) is 4.79. The maximum absolute atomic E-state index is 13.0. The Balaban J connectivity index is 1.97. The number of ether oxygens (including phenoxy) is 2. The Morgan fingerprint density at radius 1 is 1.21 bits per heavy atom. The molecule has 2 aromatic rings. The summed E-state index contributed by atoms with van der Waals surface area (Å²) in [6, 6.07) is 16.8. The van der Waals surface area contributed by atoms with E-state index in [0.29, 0.717) is 19.8 Å². The Hall–Kier alpha value is -2.81. The van der Waals surface area contributed by atoms with Crippen molar-refractivity contribution in [2.75, 3.05) is 38.2 Å². The van der Waals surface area contributed by atoms with Crippen LogP contribution in [0.3, 0.4) is 0 Å². The maximum Gasteiger partial charge on any atom is 0.330 e. The molecular weight excluding hydrogens is 352 g/mol. The Morgan fingerprint density at radius 2 is 1.96 bits per heavy atom. The first-order valence-corrected chi connectivity index (χ1v) is 9.59. The molecule has 2 aromatic carbocycles. The minimum Gasteiger partial charge on any atom is -0.464 e. The highest BCUT2D eigenvalue weighted by Crippen LogP contribution is 2.29. The Morgan fingerprint density at radius 3 is 2.64 bits per heavy atom. The highest BCUT2D eigenvalue weighted by molar-refractivity contribution is 5.81. The second kappa shape index (κ2) is 9.93. The number of hydrogen-bond acceptors (Lipinski definition) is 5. The molecule has 0 unspecified atom stereocenters. The van der Waals surface area contributed by atoms with E-state index in [2.05, 4.69) is 16.1 Å². The number of hydrogen-bond donors (Lipinski definition) is 1. The minimum atomic E-state index is -0.575. The van der Waals surface area contributed by atoms with Crippen molar-refractivity contribution in [3.05, 3.63) is 65.7 Å². The number of carbonyl (C=O) groups excluding carboxylic acids is 1. The fourth-order valence-electron chi connectivity index (χ4n) is 3.50. The van der Waals surface area contributed by atoms with Crippen molar-refractivity contribution in [2.45, 2.75) is 19.0 Å². The Kier molecular flexibility index (Phi) is 7.07. The number of rotatable bonds is 7. The molecule has 1 aliphatic heterocycles. The topological polar surface area (TPSA) is 50.8 Å². The first kappa shape index (κ1) is 19.9. The van der Waals surface area contributed by atoms with Gasteiger partial charge in [0.15, 0.2) is 0 Å². The average molecular weight is 378 g/mol. The van der Waals surface area contributed by atoms with Crippen molar-refractivity contribution >= 4 is 11.7 Å². The van der Waals surface area contributed by atoms with Crippen LogP contribution in [-0.2, 0) is 14.3 Å². The molecule has 28 heavy (non-hydrogen) atoms. The maximum atomic E-state index is 13.0. The quantitative estimate of drug-likeness (QED) is 0.593. The fraction of sp³-hybridized carbons (Fsp3) is 0.348. The predicted octanol–water partition coefficient (Wildman–Crippen LogP) is 3.09. The van der Waals surface area contributed by atoms with Crippen molar-refractivity contribution in [2.24, 2.45) is 0 Å². The van der Waals surface area contributed by atoms with Gasteiger partial charge in [-0.15, -0.1) is 6.42 Å². The summed E-state index contributed by atoms with van der Waals surface area (Å²) in [5, 5.41) is 3.38. The van der Waals surface area contributed by atoms with E-state index in [1.165, 1.54) is 0 Å². The highest BCUT2D eigenvalue weighted by Gasteiger charge is 2.36. The summed E-state index contributed by atoms with van der Waals surface area (Å²) >= 11 is 0. The van der Waals surface area contributed by atoms with Gasteiger partial charge in [0.05, 0.1) is 25.9 Å². The van der Waals surface area contributed by atoms with Gasteiger partial charge in [-0.2, -0.15) is 0 Å². The summed E-state index contributed by atoms with van der Waals surface area (Å²) in [4.78, 5) is 15.3. The van der Waals surface area contributed by atoms with Gasteiger partial charge in [0.25, 0.3) is 0 Å². The molecule has 0 aliphatic carbocycles. The van der Waals surface area contributed by atoms with Crippen LogP contribution in [0.25, 0.3) is 0 Å². The summed E-state index contributed by atoms with van der Waals surface area (Å²) < 4.78 is 10.9. The number of benzene rings is 2. The molecule has 1 saturated heterocycles. The molecule has 0 radical (unpaired) electrons. The van der Waals surface area contributed by atoms with Gasteiger partial charge < -0.3 is 14.8 Å². The molecular formula is C23H26N2O3. The van der Waals surface area contributed by atoms with Gasteiger partial charge in [-0.3, -0.25) is 4.90 Å². The highest BCUT2D eigenvalue weighted by atomic mass is 16.5. The van der Waals surface area contributed by atoms with Crippen molar-refractivity contribution in [1.29, 1.82) is 0 Å². The number of morpholine rings is 1. The molecule has 0 saturated carbocycles. The summed E-state index contributed by atoms with van der Waals surface area (Å²) in [5.41, 5.74) is 2.61. The van der Waals surface area contributed by atoms with Crippen molar-refractivity contribution < 1.29 is 14.3 Å². The van der Waals surface area contributed by atoms with Crippen LogP contribution in [-0.4, -0.2) is 49.8 Å².